The van der Waals surface area contributed by atoms with Gasteiger partial charge in [0.2, 0.25) is 5.91 Å². The molecule has 1 aromatic carbocycles. The molecule has 3 aromatic rings. The van der Waals surface area contributed by atoms with Gasteiger partial charge in [-0.05, 0) is 48.9 Å². The maximum atomic E-state index is 12.9. The van der Waals surface area contributed by atoms with Crippen LogP contribution < -0.4 is 10.9 Å². The lowest BCUT2D eigenvalue weighted by atomic mass is 9.97. The maximum absolute atomic E-state index is 12.9. The van der Waals surface area contributed by atoms with Crippen LogP contribution in [0.3, 0.4) is 0 Å². The summed E-state index contributed by atoms with van der Waals surface area (Å²) in [6.07, 6.45) is 6.05. The molecule has 0 atom stereocenters. The predicted molar refractivity (Wildman–Crippen MR) is 108 cm³/mol. The van der Waals surface area contributed by atoms with E-state index < -0.39 is 0 Å². The number of carbonyl (C=O) groups is 1. The number of aryl methyl sites for hydroxylation is 3. The molecule has 2 aromatic heterocycles. The number of nitriles is 1. The van der Waals surface area contributed by atoms with Crippen molar-refractivity contribution in [1.82, 2.24) is 14.9 Å². The summed E-state index contributed by atoms with van der Waals surface area (Å²) in [5, 5.41) is 12.4. The molecular formula is C21H20N4O2S. The smallest absolute Gasteiger partial charge is 0.262 e. The lowest BCUT2D eigenvalue weighted by Crippen LogP contribution is -2.27. The third kappa shape index (κ3) is 3.69. The number of carbonyl (C=O) groups excluding carboxylic acids is 1. The monoisotopic (exact) mass is 392 g/mol. The molecule has 7 heteroatoms. The Morgan fingerprint density at radius 1 is 1.25 bits per heavy atom. The molecule has 0 saturated heterocycles. The molecule has 0 fully saturated rings. The first kappa shape index (κ1) is 18.4. The zero-order valence-electron chi connectivity index (χ0n) is 15.4. The Hall–Kier alpha value is -2.98. The van der Waals surface area contributed by atoms with Gasteiger partial charge in [0.15, 0.2) is 0 Å². The number of nitrogens with one attached hydrogen (secondary N) is 1. The van der Waals surface area contributed by atoms with Crippen molar-refractivity contribution >= 4 is 27.5 Å². The number of rotatable bonds is 5. The standard InChI is InChI=1S/C21H20N4O2S/c22-11-14-5-7-15(8-6-14)12-23-18(26)9-10-25-13-24-20-19(21(25)27)16-3-1-2-4-17(16)28-20/h5-8,13H,1-4,9-10,12H2,(H,23,26). The van der Waals surface area contributed by atoms with Crippen LogP contribution in [0.1, 0.15) is 40.8 Å². The van der Waals surface area contributed by atoms with E-state index in [2.05, 4.69) is 16.4 Å². The van der Waals surface area contributed by atoms with Crippen LogP contribution in [0, 0.1) is 11.3 Å². The topological polar surface area (TPSA) is 87.8 Å². The minimum absolute atomic E-state index is 0.0377. The van der Waals surface area contributed by atoms with Crippen LogP contribution in [-0.4, -0.2) is 15.5 Å². The summed E-state index contributed by atoms with van der Waals surface area (Å²) in [5.41, 5.74) is 2.65. The number of thiophene rings is 1. The molecule has 6 nitrogen and oxygen atoms in total. The third-order valence-electron chi connectivity index (χ3n) is 5.09. The highest BCUT2D eigenvalue weighted by Crippen LogP contribution is 2.33. The van der Waals surface area contributed by atoms with Crippen LogP contribution in [0.4, 0.5) is 0 Å². The number of fused-ring (bicyclic) bond motifs is 3. The highest BCUT2D eigenvalue weighted by molar-refractivity contribution is 7.18. The zero-order chi connectivity index (χ0) is 19.5. The van der Waals surface area contributed by atoms with E-state index in [4.69, 9.17) is 5.26 Å². The molecule has 0 unspecified atom stereocenters. The van der Waals surface area contributed by atoms with Gasteiger partial charge in [0, 0.05) is 24.4 Å². The van der Waals surface area contributed by atoms with Crippen molar-refractivity contribution in [2.24, 2.45) is 0 Å². The Labute approximate surface area is 166 Å². The fraction of sp³-hybridized carbons (Fsp3) is 0.333. The summed E-state index contributed by atoms with van der Waals surface area (Å²) in [6, 6.07) is 9.16. The van der Waals surface area contributed by atoms with Crippen molar-refractivity contribution in [3.63, 3.8) is 0 Å². The molecule has 0 aliphatic heterocycles. The average Bonchev–Trinajstić information content (AvgIpc) is 3.11. The summed E-state index contributed by atoms with van der Waals surface area (Å²) >= 11 is 1.63. The fourth-order valence-corrected chi connectivity index (χ4v) is 4.77. The van der Waals surface area contributed by atoms with Crippen molar-refractivity contribution in [2.75, 3.05) is 0 Å². The van der Waals surface area contributed by atoms with E-state index in [9.17, 15) is 9.59 Å². The second-order valence-corrected chi connectivity index (χ2v) is 8.05. The minimum Gasteiger partial charge on any atom is -0.352 e. The van der Waals surface area contributed by atoms with E-state index in [1.165, 1.54) is 16.9 Å². The number of benzene rings is 1. The Kier molecular flexibility index (Phi) is 5.22. The molecule has 142 valence electrons. The van der Waals surface area contributed by atoms with Gasteiger partial charge >= 0.3 is 0 Å². The predicted octanol–water partition coefficient (Wildman–Crippen LogP) is 2.91. The molecule has 0 bridgehead atoms. The van der Waals surface area contributed by atoms with Gasteiger partial charge < -0.3 is 5.32 Å². The van der Waals surface area contributed by atoms with Crippen LogP contribution in [0.5, 0.6) is 0 Å². The van der Waals surface area contributed by atoms with Crippen molar-refractivity contribution in [1.29, 1.82) is 5.26 Å². The van der Waals surface area contributed by atoms with Crippen molar-refractivity contribution in [2.45, 2.75) is 45.2 Å². The van der Waals surface area contributed by atoms with Crippen LogP contribution in [-0.2, 0) is 30.7 Å². The molecule has 1 N–H and O–H groups in total. The van der Waals surface area contributed by atoms with E-state index >= 15 is 0 Å². The first-order valence-electron chi connectivity index (χ1n) is 9.41. The van der Waals surface area contributed by atoms with E-state index in [1.54, 1.807) is 34.4 Å². The van der Waals surface area contributed by atoms with Crippen LogP contribution in [0.2, 0.25) is 0 Å². The summed E-state index contributed by atoms with van der Waals surface area (Å²) in [7, 11) is 0. The van der Waals surface area contributed by atoms with Gasteiger partial charge in [-0.15, -0.1) is 11.3 Å². The number of aromatic nitrogens is 2. The Morgan fingerprint density at radius 3 is 2.82 bits per heavy atom. The lowest BCUT2D eigenvalue weighted by molar-refractivity contribution is -0.121. The summed E-state index contributed by atoms with van der Waals surface area (Å²) < 4.78 is 1.55. The summed E-state index contributed by atoms with van der Waals surface area (Å²) in [6.45, 7) is 0.709. The van der Waals surface area contributed by atoms with Gasteiger partial charge in [0.1, 0.15) is 4.83 Å². The summed E-state index contributed by atoms with van der Waals surface area (Å²) in [5.74, 6) is -0.122. The number of hydrogen-bond acceptors (Lipinski definition) is 5. The van der Waals surface area contributed by atoms with Crippen molar-refractivity contribution < 1.29 is 4.79 Å². The van der Waals surface area contributed by atoms with Gasteiger partial charge in [0.05, 0.1) is 23.3 Å². The molecule has 1 aliphatic carbocycles. The van der Waals surface area contributed by atoms with E-state index in [0.717, 1.165) is 35.0 Å². The van der Waals surface area contributed by atoms with Gasteiger partial charge in [-0.25, -0.2) is 4.98 Å². The molecule has 4 rings (SSSR count). The minimum atomic E-state index is -0.122. The van der Waals surface area contributed by atoms with Gasteiger partial charge in [-0.1, -0.05) is 12.1 Å². The van der Waals surface area contributed by atoms with Crippen LogP contribution in [0.15, 0.2) is 35.4 Å². The van der Waals surface area contributed by atoms with Crippen LogP contribution >= 0.6 is 11.3 Å². The van der Waals surface area contributed by atoms with Gasteiger partial charge in [-0.2, -0.15) is 5.26 Å². The molecule has 1 amide bonds. The third-order valence-corrected chi connectivity index (χ3v) is 6.29. The van der Waals surface area contributed by atoms with Gasteiger partial charge in [0.25, 0.3) is 5.56 Å². The van der Waals surface area contributed by atoms with E-state index in [1.807, 2.05) is 12.1 Å². The van der Waals surface area contributed by atoms with Gasteiger partial charge in [-0.3, -0.25) is 14.2 Å². The van der Waals surface area contributed by atoms with E-state index in [0.29, 0.717) is 18.7 Å². The second kappa shape index (κ2) is 7.95. The molecule has 0 saturated carbocycles. The number of amides is 1. The molecule has 1 aliphatic rings. The zero-order valence-corrected chi connectivity index (χ0v) is 16.2. The first-order chi connectivity index (χ1) is 13.7. The summed E-state index contributed by atoms with van der Waals surface area (Å²) in [4.78, 5) is 31.6. The molecule has 0 spiro atoms. The number of nitrogens with zero attached hydrogens (tertiary/aromatic N) is 3. The Bertz CT molecular complexity index is 1120. The Balaban J connectivity index is 1.41. The maximum Gasteiger partial charge on any atom is 0.262 e. The fourth-order valence-electron chi connectivity index (χ4n) is 3.55. The molecule has 28 heavy (non-hydrogen) atoms. The normalized spacial score (nSPS) is 13.1. The molecule has 2 heterocycles. The molecular weight excluding hydrogens is 372 g/mol. The number of hydrogen-bond donors (Lipinski definition) is 1. The Morgan fingerprint density at radius 2 is 2.04 bits per heavy atom. The average molecular weight is 392 g/mol. The second-order valence-electron chi connectivity index (χ2n) is 6.97. The highest BCUT2D eigenvalue weighted by atomic mass is 32.1. The van der Waals surface area contributed by atoms with Crippen LogP contribution in [0.25, 0.3) is 10.2 Å². The largest absolute Gasteiger partial charge is 0.352 e. The molecule has 0 radical (unpaired) electrons. The van der Waals surface area contributed by atoms with Crippen molar-refractivity contribution in [3.05, 3.63) is 62.5 Å². The SMILES string of the molecule is N#Cc1ccc(CNC(=O)CCn2cnc3sc4c(c3c2=O)CCCC4)cc1. The highest BCUT2D eigenvalue weighted by Gasteiger charge is 2.20. The quantitative estimate of drug-likeness (QED) is 0.723. The first-order valence-corrected chi connectivity index (χ1v) is 10.2. The van der Waals surface area contributed by atoms with E-state index in [-0.39, 0.29) is 17.9 Å². The lowest BCUT2D eigenvalue weighted by Gasteiger charge is -2.10. The van der Waals surface area contributed by atoms with Crippen molar-refractivity contribution in [3.8, 4) is 6.07 Å².